The molecule has 38 heavy (non-hydrogen) atoms. The van der Waals surface area contributed by atoms with Gasteiger partial charge in [-0.3, -0.25) is 19.6 Å². The molecule has 0 saturated carbocycles. The lowest BCUT2D eigenvalue weighted by Crippen LogP contribution is -2.66. The van der Waals surface area contributed by atoms with Crippen LogP contribution in [0.15, 0.2) is 76.8 Å². The van der Waals surface area contributed by atoms with Crippen LogP contribution in [0.2, 0.25) is 5.02 Å². The highest BCUT2D eigenvalue weighted by molar-refractivity contribution is 6.34. The molecule has 3 heterocycles. The largest absolute Gasteiger partial charge is 0.416 e. The van der Waals surface area contributed by atoms with Crippen LogP contribution in [-0.2, 0) is 11.0 Å². The van der Waals surface area contributed by atoms with E-state index in [0.717, 1.165) is 12.1 Å². The van der Waals surface area contributed by atoms with Crippen LogP contribution in [0.4, 0.5) is 22.4 Å². The van der Waals surface area contributed by atoms with E-state index in [4.69, 9.17) is 16.6 Å². The number of aliphatic imine (C=N–C) groups is 1. The number of urea groups is 1. The molecular weight excluding hydrogens is 524 g/mol. The number of alkyl halides is 3. The number of allylic oxidation sites excluding steroid dienone is 1. The lowest BCUT2D eigenvalue weighted by molar-refractivity contribution is -0.137. The van der Waals surface area contributed by atoms with Gasteiger partial charge < -0.3 is 5.32 Å². The van der Waals surface area contributed by atoms with E-state index in [0.29, 0.717) is 27.5 Å². The third kappa shape index (κ3) is 3.42. The number of fused-ring (bicyclic) bond motifs is 2. The molecule has 11 heteroatoms. The number of nitrogens with one attached hydrogen (secondary N) is 1. The van der Waals surface area contributed by atoms with Crippen molar-refractivity contribution >= 4 is 29.4 Å². The zero-order valence-corrected chi connectivity index (χ0v) is 20.9. The standard InChI is InChI=1S/C27H21ClF4N4O2/c1-13-18(29)11-26(2)22-20(13)33-19(37)12-35(22)25(38)36-23(26)21(14-7-9-15(10-8-14)27(30,31)32)34-24(36)16-5-3-4-6-17(16)28/h3-11,13,21,23H,12H2,1-2H3,(H,33,37). The molecule has 1 saturated heterocycles. The molecule has 1 N–H and O–H groups in total. The van der Waals surface area contributed by atoms with Gasteiger partial charge in [0.2, 0.25) is 5.91 Å². The van der Waals surface area contributed by atoms with E-state index >= 15 is 4.39 Å². The first-order valence-corrected chi connectivity index (χ1v) is 12.3. The predicted octanol–water partition coefficient (Wildman–Crippen LogP) is 5.82. The number of hydrogen-bond donors (Lipinski definition) is 1. The molecule has 0 aromatic heterocycles. The fraction of sp³-hybridized carbons (Fsp3) is 0.296. The van der Waals surface area contributed by atoms with Crippen molar-refractivity contribution in [2.24, 2.45) is 16.3 Å². The Kier molecular flexibility index (Phi) is 5.30. The first-order valence-electron chi connectivity index (χ1n) is 11.9. The number of hydrogen-bond acceptors (Lipinski definition) is 3. The fourth-order valence-corrected chi connectivity index (χ4v) is 6.18. The summed E-state index contributed by atoms with van der Waals surface area (Å²) in [6.45, 7) is 3.09. The van der Waals surface area contributed by atoms with Crippen LogP contribution in [0.1, 0.15) is 36.6 Å². The van der Waals surface area contributed by atoms with Gasteiger partial charge in [0, 0.05) is 17.2 Å². The van der Waals surface area contributed by atoms with Gasteiger partial charge in [0.05, 0.1) is 33.8 Å². The molecule has 2 aromatic rings. The third-order valence-electron chi connectivity index (χ3n) is 7.71. The monoisotopic (exact) mass is 544 g/mol. The van der Waals surface area contributed by atoms with Crippen molar-refractivity contribution in [3.63, 3.8) is 0 Å². The molecule has 6 rings (SSSR count). The van der Waals surface area contributed by atoms with Crippen molar-refractivity contribution in [3.05, 3.63) is 93.5 Å². The zero-order chi connectivity index (χ0) is 27.1. The Balaban J connectivity index is 1.59. The summed E-state index contributed by atoms with van der Waals surface area (Å²) < 4.78 is 55.3. The Bertz CT molecular complexity index is 1480. The second-order valence-electron chi connectivity index (χ2n) is 10.0. The summed E-state index contributed by atoms with van der Waals surface area (Å²) in [7, 11) is 0. The molecule has 6 nitrogen and oxygen atoms in total. The molecule has 0 spiro atoms. The average Bonchev–Trinajstić information content (AvgIpc) is 3.27. The summed E-state index contributed by atoms with van der Waals surface area (Å²) in [5, 5.41) is 3.06. The van der Waals surface area contributed by atoms with Crippen LogP contribution in [0.3, 0.4) is 0 Å². The number of rotatable bonds is 2. The number of halogens is 5. The van der Waals surface area contributed by atoms with Crippen molar-refractivity contribution in [3.8, 4) is 0 Å². The SMILES string of the molecule is CC1C(F)=CC2(C)C3=C1NC(=O)CN3C(=O)N1C(c3ccccc3Cl)=NC(c3ccc(C(F)(F)F)cc3)C12. The molecule has 196 valence electrons. The molecule has 4 aliphatic rings. The van der Waals surface area contributed by atoms with E-state index in [1.807, 2.05) is 0 Å². The maximum atomic E-state index is 15.4. The Labute approximate surface area is 220 Å². The first kappa shape index (κ1) is 24.7. The first-order chi connectivity index (χ1) is 17.9. The second kappa shape index (κ2) is 8.17. The third-order valence-corrected chi connectivity index (χ3v) is 8.04. The molecular formula is C27H21ClF4N4O2. The summed E-state index contributed by atoms with van der Waals surface area (Å²) in [6, 6.07) is 9.12. The summed E-state index contributed by atoms with van der Waals surface area (Å²) in [4.78, 5) is 34.2. The summed E-state index contributed by atoms with van der Waals surface area (Å²) in [6.07, 6.45) is -3.09. The van der Waals surface area contributed by atoms with Crippen LogP contribution in [-0.4, -0.2) is 40.2 Å². The van der Waals surface area contributed by atoms with Gasteiger partial charge in [0.15, 0.2) is 0 Å². The molecule has 4 atom stereocenters. The number of amides is 3. The van der Waals surface area contributed by atoms with Gasteiger partial charge in [-0.2, -0.15) is 13.2 Å². The number of carbonyl (C=O) groups excluding carboxylic acids is 2. The normalized spacial score (nSPS) is 28.6. The topological polar surface area (TPSA) is 65.0 Å². The molecule has 0 radical (unpaired) electrons. The molecule has 1 fully saturated rings. The molecule has 4 unspecified atom stereocenters. The van der Waals surface area contributed by atoms with Crippen molar-refractivity contribution in [1.29, 1.82) is 0 Å². The van der Waals surface area contributed by atoms with Gasteiger partial charge in [-0.1, -0.05) is 42.8 Å². The maximum Gasteiger partial charge on any atom is 0.416 e. The maximum absolute atomic E-state index is 15.4. The van der Waals surface area contributed by atoms with E-state index in [1.165, 1.54) is 28.0 Å². The minimum Gasteiger partial charge on any atom is -0.326 e. The minimum absolute atomic E-state index is 0.204. The Morgan fingerprint density at radius 2 is 1.79 bits per heavy atom. The number of amidine groups is 1. The van der Waals surface area contributed by atoms with E-state index in [-0.39, 0.29) is 12.4 Å². The number of benzene rings is 2. The van der Waals surface area contributed by atoms with Gasteiger partial charge in [-0.25, -0.2) is 9.18 Å². The lowest BCUT2D eigenvalue weighted by atomic mass is 9.67. The number of nitrogens with zero attached hydrogens (tertiary/aromatic N) is 3. The van der Waals surface area contributed by atoms with Crippen molar-refractivity contribution in [2.45, 2.75) is 32.1 Å². The van der Waals surface area contributed by atoms with Gasteiger partial charge in [0.25, 0.3) is 0 Å². The average molecular weight is 545 g/mol. The highest BCUT2D eigenvalue weighted by atomic mass is 35.5. The second-order valence-corrected chi connectivity index (χ2v) is 10.4. The van der Waals surface area contributed by atoms with Gasteiger partial charge in [-0.15, -0.1) is 0 Å². The van der Waals surface area contributed by atoms with E-state index in [1.54, 1.807) is 38.1 Å². The quantitative estimate of drug-likeness (QED) is 0.484. The van der Waals surface area contributed by atoms with Crippen molar-refractivity contribution < 1.29 is 27.2 Å². The zero-order valence-electron chi connectivity index (χ0n) is 20.2. The van der Waals surface area contributed by atoms with E-state index < -0.39 is 52.9 Å². The Morgan fingerprint density at radius 1 is 1.11 bits per heavy atom. The summed E-state index contributed by atoms with van der Waals surface area (Å²) >= 11 is 6.49. The fourth-order valence-electron chi connectivity index (χ4n) is 5.96. The summed E-state index contributed by atoms with van der Waals surface area (Å²) in [5.74, 6) is -1.51. The Hall–Kier alpha value is -3.66. The van der Waals surface area contributed by atoms with Crippen molar-refractivity contribution in [2.75, 3.05) is 6.54 Å². The van der Waals surface area contributed by atoms with Gasteiger partial charge >= 0.3 is 12.2 Å². The number of carbonyl (C=O) groups is 2. The van der Waals surface area contributed by atoms with Crippen molar-refractivity contribution in [1.82, 2.24) is 15.1 Å². The van der Waals surface area contributed by atoms with Crippen LogP contribution < -0.4 is 5.32 Å². The van der Waals surface area contributed by atoms with E-state index in [2.05, 4.69) is 5.32 Å². The molecule has 3 amide bonds. The van der Waals surface area contributed by atoms with Crippen LogP contribution in [0.25, 0.3) is 0 Å². The molecule has 0 bridgehead atoms. The molecule has 1 aliphatic carbocycles. The molecule has 2 aromatic carbocycles. The van der Waals surface area contributed by atoms with Gasteiger partial charge in [0.1, 0.15) is 18.2 Å². The van der Waals surface area contributed by atoms with Gasteiger partial charge in [-0.05, 0) is 42.8 Å². The molecule has 3 aliphatic heterocycles. The van der Waals surface area contributed by atoms with Crippen LogP contribution >= 0.6 is 11.6 Å². The highest BCUT2D eigenvalue weighted by Gasteiger charge is 2.61. The smallest absolute Gasteiger partial charge is 0.326 e. The Morgan fingerprint density at radius 3 is 2.45 bits per heavy atom. The van der Waals surface area contributed by atoms with Crippen LogP contribution in [0, 0.1) is 11.3 Å². The van der Waals surface area contributed by atoms with E-state index in [9.17, 15) is 22.8 Å². The van der Waals surface area contributed by atoms with Crippen LogP contribution in [0.5, 0.6) is 0 Å². The lowest BCUT2D eigenvalue weighted by Gasteiger charge is -2.54. The minimum atomic E-state index is -4.52. The highest BCUT2D eigenvalue weighted by Crippen LogP contribution is 2.56. The summed E-state index contributed by atoms with van der Waals surface area (Å²) in [5.41, 5.74) is -0.368. The predicted molar refractivity (Wildman–Crippen MR) is 132 cm³/mol.